The molecule has 1 aliphatic heterocycles. The fraction of sp³-hybridized carbons (Fsp3) is 0.625. The maximum Gasteiger partial charge on any atom is 0.231 e. The van der Waals surface area contributed by atoms with E-state index in [0.29, 0.717) is 6.79 Å². The molecule has 1 aliphatic carbocycles. The highest BCUT2D eigenvalue weighted by Crippen LogP contribution is 2.35. The van der Waals surface area contributed by atoms with Crippen LogP contribution in [-0.4, -0.2) is 13.3 Å². The lowest BCUT2D eigenvalue weighted by atomic mass is 9.82. The van der Waals surface area contributed by atoms with E-state index in [4.69, 9.17) is 9.47 Å². The Hall–Kier alpha value is -1.22. The molecule has 0 spiro atoms. The molecule has 3 rings (SSSR count). The molecule has 2 unspecified atom stereocenters. The third kappa shape index (κ3) is 3.03. The highest BCUT2D eigenvalue weighted by molar-refractivity contribution is 5.48. The monoisotopic (exact) mass is 261 g/mol. The molecule has 2 atom stereocenters. The highest BCUT2D eigenvalue weighted by Gasteiger charge is 2.19. The van der Waals surface area contributed by atoms with Gasteiger partial charge in [-0.1, -0.05) is 31.9 Å². The molecule has 19 heavy (non-hydrogen) atoms. The van der Waals surface area contributed by atoms with E-state index in [-0.39, 0.29) is 0 Å². The topological polar surface area (TPSA) is 30.5 Å². The van der Waals surface area contributed by atoms with E-state index in [1.54, 1.807) is 0 Å². The van der Waals surface area contributed by atoms with Crippen LogP contribution in [0.2, 0.25) is 0 Å². The summed E-state index contributed by atoms with van der Waals surface area (Å²) in [6.07, 6.45) is 5.56. The first-order valence-electron chi connectivity index (χ1n) is 7.41. The Labute approximate surface area is 115 Å². The normalized spacial score (nSPS) is 25.5. The van der Waals surface area contributed by atoms with Gasteiger partial charge in [-0.05, 0) is 37.3 Å². The Kier molecular flexibility index (Phi) is 3.92. The SMILES string of the molecule is CC1CCCC(CNCc2cccc3c2OCO3)C1. The second-order valence-electron chi connectivity index (χ2n) is 5.92. The molecule has 1 fully saturated rings. The average Bonchev–Trinajstić information content (AvgIpc) is 2.88. The van der Waals surface area contributed by atoms with Gasteiger partial charge in [0.15, 0.2) is 11.5 Å². The second kappa shape index (κ2) is 5.83. The van der Waals surface area contributed by atoms with Crippen molar-refractivity contribution >= 4 is 0 Å². The van der Waals surface area contributed by atoms with Crippen LogP contribution in [0.15, 0.2) is 18.2 Å². The Morgan fingerprint density at radius 3 is 3.11 bits per heavy atom. The van der Waals surface area contributed by atoms with Crippen LogP contribution in [0.3, 0.4) is 0 Å². The largest absolute Gasteiger partial charge is 0.454 e. The van der Waals surface area contributed by atoms with Gasteiger partial charge in [0.2, 0.25) is 6.79 Å². The Morgan fingerprint density at radius 2 is 2.21 bits per heavy atom. The summed E-state index contributed by atoms with van der Waals surface area (Å²) in [5.74, 6) is 3.55. The maximum atomic E-state index is 5.53. The summed E-state index contributed by atoms with van der Waals surface area (Å²) in [7, 11) is 0. The lowest BCUT2D eigenvalue weighted by Gasteiger charge is -2.26. The van der Waals surface area contributed by atoms with Crippen molar-refractivity contribution in [2.24, 2.45) is 11.8 Å². The molecule has 104 valence electrons. The predicted octanol–water partition coefficient (Wildman–Crippen LogP) is 3.33. The van der Waals surface area contributed by atoms with Gasteiger partial charge in [0.05, 0.1) is 0 Å². The summed E-state index contributed by atoms with van der Waals surface area (Å²) in [4.78, 5) is 0. The van der Waals surface area contributed by atoms with E-state index in [1.165, 1.54) is 31.2 Å². The summed E-state index contributed by atoms with van der Waals surface area (Å²) in [5.41, 5.74) is 1.21. The summed E-state index contributed by atoms with van der Waals surface area (Å²) in [6, 6.07) is 6.12. The van der Waals surface area contributed by atoms with E-state index < -0.39 is 0 Å². The molecular formula is C16H23NO2. The number of ether oxygens (including phenoxy) is 2. The molecule has 0 saturated heterocycles. The quantitative estimate of drug-likeness (QED) is 0.901. The van der Waals surface area contributed by atoms with Crippen LogP contribution in [0.4, 0.5) is 0 Å². The molecule has 1 saturated carbocycles. The van der Waals surface area contributed by atoms with Crippen LogP contribution in [-0.2, 0) is 6.54 Å². The molecule has 1 heterocycles. The minimum atomic E-state index is 0.354. The zero-order chi connectivity index (χ0) is 13.1. The van der Waals surface area contributed by atoms with E-state index in [0.717, 1.165) is 36.4 Å². The predicted molar refractivity (Wildman–Crippen MR) is 75.4 cm³/mol. The fourth-order valence-electron chi connectivity index (χ4n) is 3.29. The number of nitrogens with one attached hydrogen (secondary N) is 1. The molecule has 3 nitrogen and oxygen atoms in total. The average molecular weight is 261 g/mol. The molecule has 0 amide bonds. The lowest BCUT2D eigenvalue weighted by molar-refractivity contribution is 0.173. The van der Waals surface area contributed by atoms with Crippen molar-refractivity contribution in [2.75, 3.05) is 13.3 Å². The van der Waals surface area contributed by atoms with Crippen molar-refractivity contribution in [3.8, 4) is 11.5 Å². The Bertz CT molecular complexity index is 433. The lowest BCUT2D eigenvalue weighted by Crippen LogP contribution is -2.26. The molecule has 1 aromatic carbocycles. The van der Waals surface area contributed by atoms with Crippen LogP contribution in [0.5, 0.6) is 11.5 Å². The number of hydrogen-bond acceptors (Lipinski definition) is 3. The zero-order valence-corrected chi connectivity index (χ0v) is 11.7. The van der Waals surface area contributed by atoms with E-state index >= 15 is 0 Å². The number of hydrogen-bond donors (Lipinski definition) is 1. The third-order valence-corrected chi connectivity index (χ3v) is 4.27. The smallest absolute Gasteiger partial charge is 0.231 e. The van der Waals surface area contributed by atoms with Crippen LogP contribution >= 0.6 is 0 Å². The van der Waals surface area contributed by atoms with E-state index in [2.05, 4.69) is 18.3 Å². The minimum absolute atomic E-state index is 0.354. The first-order valence-corrected chi connectivity index (χ1v) is 7.41. The minimum Gasteiger partial charge on any atom is -0.454 e. The van der Waals surface area contributed by atoms with Gasteiger partial charge in [-0.3, -0.25) is 0 Å². The standard InChI is InChI=1S/C16H23NO2/c1-12-4-2-5-13(8-12)9-17-10-14-6-3-7-15-16(14)19-11-18-15/h3,6-7,12-13,17H,2,4-5,8-11H2,1H3. The van der Waals surface area contributed by atoms with Crippen LogP contribution in [0, 0.1) is 11.8 Å². The maximum absolute atomic E-state index is 5.53. The van der Waals surface area contributed by atoms with Gasteiger partial charge in [-0.15, -0.1) is 0 Å². The summed E-state index contributed by atoms with van der Waals surface area (Å²) in [6.45, 7) is 4.72. The number of rotatable bonds is 4. The molecule has 0 aromatic heterocycles. The summed E-state index contributed by atoms with van der Waals surface area (Å²) >= 11 is 0. The van der Waals surface area contributed by atoms with Crippen LogP contribution in [0.25, 0.3) is 0 Å². The van der Waals surface area contributed by atoms with Gasteiger partial charge in [-0.25, -0.2) is 0 Å². The summed E-state index contributed by atoms with van der Waals surface area (Å²) in [5, 5.41) is 3.59. The molecule has 0 radical (unpaired) electrons. The van der Waals surface area contributed by atoms with E-state index in [1.807, 2.05) is 12.1 Å². The molecule has 0 bridgehead atoms. The Balaban J connectivity index is 1.51. The van der Waals surface area contributed by atoms with Gasteiger partial charge in [0, 0.05) is 12.1 Å². The number of benzene rings is 1. The second-order valence-corrected chi connectivity index (χ2v) is 5.92. The number of fused-ring (bicyclic) bond motifs is 1. The van der Waals surface area contributed by atoms with Gasteiger partial charge >= 0.3 is 0 Å². The van der Waals surface area contributed by atoms with Crippen molar-refractivity contribution < 1.29 is 9.47 Å². The fourth-order valence-corrected chi connectivity index (χ4v) is 3.29. The van der Waals surface area contributed by atoms with Crippen LogP contribution < -0.4 is 14.8 Å². The summed E-state index contributed by atoms with van der Waals surface area (Å²) < 4.78 is 10.9. The van der Waals surface area contributed by atoms with Crippen molar-refractivity contribution in [3.63, 3.8) is 0 Å². The third-order valence-electron chi connectivity index (χ3n) is 4.27. The van der Waals surface area contributed by atoms with Crippen molar-refractivity contribution in [3.05, 3.63) is 23.8 Å². The van der Waals surface area contributed by atoms with E-state index in [9.17, 15) is 0 Å². The zero-order valence-electron chi connectivity index (χ0n) is 11.7. The molecule has 3 heteroatoms. The van der Waals surface area contributed by atoms with Gasteiger partial charge in [-0.2, -0.15) is 0 Å². The molecule has 1 N–H and O–H groups in total. The van der Waals surface area contributed by atoms with Gasteiger partial charge in [0.25, 0.3) is 0 Å². The van der Waals surface area contributed by atoms with Crippen molar-refractivity contribution in [1.82, 2.24) is 5.32 Å². The van der Waals surface area contributed by atoms with Gasteiger partial charge < -0.3 is 14.8 Å². The first-order chi connectivity index (χ1) is 9.33. The number of para-hydroxylation sites is 1. The molecule has 1 aromatic rings. The first kappa shape index (κ1) is 12.8. The molecular weight excluding hydrogens is 238 g/mol. The molecule has 2 aliphatic rings. The highest BCUT2D eigenvalue weighted by atomic mass is 16.7. The Morgan fingerprint density at radius 1 is 1.26 bits per heavy atom. The van der Waals surface area contributed by atoms with Gasteiger partial charge in [0.1, 0.15) is 0 Å². The van der Waals surface area contributed by atoms with Crippen LogP contribution in [0.1, 0.15) is 38.2 Å². The van der Waals surface area contributed by atoms with Crippen molar-refractivity contribution in [2.45, 2.75) is 39.2 Å². The van der Waals surface area contributed by atoms with Crippen molar-refractivity contribution in [1.29, 1.82) is 0 Å².